The first-order chi connectivity index (χ1) is 15.6. The molecule has 3 amide bonds. The summed E-state index contributed by atoms with van der Waals surface area (Å²) in [5.74, 6) is -2.11. The lowest BCUT2D eigenvalue weighted by Gasteiger charge is -2.39. The predicted molar refractivity (Wildman–Crippen MR) is 120 cm³/mol. The molecule has 2 N–H and O–H groups in total. The second kappa shape index (κ2) is 10.6. The standard InChI is InChI=1S/C24H34F2N4O3/c1-28(2)23(32)20(21(27)24(33)30-12-11-18(26)14-30)15-7-9-19(10-8-15)29(3)22(31)16-5-4-6-17(25)13-16/h4-6,13,15,18-21H,7-12,14,27H2,1-3H3/t15?,18-,19?,20-,21-/m0/s1. The summed E-state index contributed by atoms with van der Waals surface area (Å²) in [5, 5.41) is 0. The van der Waals surface area contributed by atoms with Crippen molar-refractivity contribution in [2.45, 2.75) is 50.4 Å². The molecule has 0 spiro atoms. The number of benzene rings is 1. The second-order valence-electron chi connectivity index (χ2n) is 9.45. The van der Waals surface area contributed by atoms with Gasteiger partial charge in [-0.1, -0.05) is 6.07 Å². The van der Waals surface area contributed by atoms with Gasteiger partial charge in [-0.25, -0.2) is 8.78 Å². The van der Waals surface area contributed by atoms with Crippen LogP contribution in [0.5, 0.6) is 0 Å². The van der Waals surface area contributed by atoms with Crippen LogP contribution in [0.15, 0.2) is 24.3 Å². The van der Waals surface area contributed by atoms with Crippen LogP contribution in [-0.2, 0) is 9.59 Å². The van der Waals surface area contributed by atoms with E-state index in [0.717, 1.165) is 0 Å². The summed E-state index contributed by atoms with van der Waals surface area (Å²) in [6, 6.07) is 4.54. The Kier molecular flexibility index (Phi) is 8.05. The molecule has 0 aromatic heterocycles. The predicted octanol–water partition coefficient (Wildman–Crippen LogP) is 2.06. The van der Waals surface area contributed by atoms with Gasteiger partial charge in [0, 0.05) is 39.3 Å². The summed E-state index contributed by atoms with van der Waals surface area (Å²) in [7, 11) is 4.98. The number of carbonyl (C=O) groups is 3. The fraction of sp³-hybridized carbons (Fsp3) is 0.625. The van der Waals surface area contributed by atoms with E-state index in [-0.39, 0.29) is 36.2 Å². The number of nitrogens with zero attached hydrogens (tertiary/aromatic N) is 3. The van der Waals surface area contributed by atoms with Gasteiger partial charge in [-0.2, -0.15) is 0 Å². The number of alkyl halides is 1. The number of halogens is 2. The summed E-state index contributed by atoms with van der Waals surface area (Å²) in [6.45, 7) is 0.339. The van der Waals surface area contributed by atoms with Crippen molar-refractivity contribution in [1.82, 2.24) is 14.7 Å². The molecular formula is C24H34F2N4O3. The highest BCUT2D eigenvalue weighted by Crippen LogP contribution is 2.35. The molecule has 1 aromatic carbocycles. The number of likely N-dealkylation sites (tertiary alicyclic amines) is 1. The van der Waals surface area contributed by atoms with Gasteiger partial charge in [0.25, 0.3) is 5.91 Å². The zero-order chi connectivity index (χ0) is 24.3. The number of hydrogen-bond acceptors (Lipinski definition) is 4. The SMILES string of the molecule is CN(C)C(=O)[C@@H](C1CCC(N(C)C(=O)c2cccc(F)c2)CC1)[C@H](N)C(=O)N1CC[C@H](F)C1. The van der Waals surface area contributed by atoms with Gasteiger partial charge < -0.3 is 20.4 Å². The first kappa shape index (κ1) is 25.1. The topological polar surface area (TPSA) is 87.0 Å². The fourth-order valence-electron chi connectivity index (χ4n) is 5.07. The molecule has 0 radical (unpaired) electrons. The summed E-state index contributed by atoms with van der Waals surface area (Å²) >= 11 is 0. The lowest BCUT2D eigenvalue weighted by Crippen LogP contribution is -2.54. The van der Waals surface area contributed by atoms with Crippen molar-refractivity contribution in [1.29, 1.82) is 0 Å². The van der Waals surface area contributed by atoms with Crippen molar-refractivity contribution in [3.8, 4) is 0 Å². The molecule has 0 unspecified atom stereocenters. The molecule has 1 saturated heterocycles. The van der Waals surface area contributed by atoms with Crippen molar-refractivity contribution in [2.24, 2.45) is 17.6 Å². The fourth-order valence-corrected chi connectivity index (χ4v) is 5.07. The third-order valence-electron chi connectivity index (χ3n) is 7.03. The van der Waals surface area contributed by atoms with Crippen LogP contribution < -0.4 is 5.73 Å². The van der Waals surface area contributed by atoms with Gasteiger partial charge in [0.15, 0.2) is 0 Å². The molecule has 33 heavy (non-hydrogen) atoms. The molecule has 1 heterocycles. The second-order valence-corrected chi connectivity index (χ2v) is 9.45. The van der Waals surface area contributed by atoms with E-state index in [1.54, 1.807) is 32.1 Å². The first-order valence-electron chi connectivity index (χ1n) is 11.5. The van der Waals surface area contributed by atoms with E-state index < -0.39 is 23.9 Å². The van der Waals surface area contributed by atoms with Crippen molar-refractivity contribution >= 4 is 17.7 Å². The van der Waals surface area contributed by atoms with Gasteiger partial charge in [0.2, 0.25) is 11.8 Å². The van der Waals surface area contributed by atoms with Gasteiger partial charge in [-0.3, -0.25) is 14.4 Å². The maximum Gasteiger partial charge on any atom is 0.253 e. The highest BCUT2D eigenvalue weighted by Gasteiger charge is 2.42. The lowest BCUT2D eigenvalue weighted by molar-refractivity contribution is -0.143. The first-order valence-corrected chi connectivity index (χ1v) is 11.5. The molecular weight excluding hydrogens is 430 g/mol. The van der Waals surface area contributed by atoms with Gasteiger partial charge in [-0.05, 0) is 56.2 Å². The Morgan fingerprint density at radius 1 is 1.09 bits per heavy atom. The molecule has 7 nitrogen and oxygen atoms in total. The van der Waals surface area contributed by atoms with Crippen molar-refractivity contribution < 1.29 is 23.2 Å². The molecule has 1 saturated carbocycles. The molecule has 182 valence electrons. The van der Waals surface area contributed by atoms with Gasteiger partial charge in [-0.15, -0.1) is 0 Å². The van der Waals surface area contributed by atoms with E-state index in [4.69, 9.17) is 5.73 Å². The third kappa shape index (κ3) is 5.69. The van der Waals surface area contributed by atoms with Gasteiger partial charge in [0.05, 0.1) is 18.5 Å². The van der Waals surface area contributed by atoms with E-state index >= 15 is 0 Å². The summed E-state index contributed by atoms with van der Waals surface area (Å²) in [5.41, 5.74) is 6.62. The van der Waals surface area contributed by atoms with E-state index in [0.29, 0.717) is 44.2 Å². The van der Waals surface area contributed by atoms with Crippen LogP contribution in [0.25, 0.3) is 0 Å². The average Bonchev–Trinajstić information content (AvgIpc) is 3.24. The van der Waals surface area contributed by atoms with Crippen molar-refractivity contribution in [3.05, 3.63) is 35.6 Å². The van der Waals surface area contributed by atoms with Crippen LogP contribution in [0.4, 0.5) is 8.78 Å². The Bertz CT molecular complexity index is 873. The van der Waals surface area contributed by atoms with Gasteiger partial charge >= 0.3 is 0 Å². The maximum absolute atomic E-state index is 13.6. The van der Waals surface area contributed by atoms with Crippen LogP contribution in [0.1, 0.15) is 42.5 Å². The van der Waals surface area contributed by atoms with E-state index in [9.17, 15) is 23.2 Å². The Morgan fingerprint density at radius 2 is 1.76 bits per heavy atom. The molecule has 1 aliphatic carbocycles. The van der Waals surface area contributed by atoms with Crippen LogP contribution in [0, 0.1) is 17.7 Å². The van der Waals surface area contributed by atoms with E-state index in [1.807, 2.05) is 0 Å². The normalized spacial score (nSPS) is 24.8. The van der Waals surface area contributed by atoms with Crippen LogP contribution >= 0.6 is 0 Å². The minimum atomic E-state index is -1.05. The average molecular weight is 465 g/mol. The Hall–Kier alpha value is -2.55. The quantitative estimate of drug-likeness (QED) is 0.698. The van der Waals surface area contributed by atoms with E-state index in [1.165, 1.54) is 28.0 Å². The highest BCUT2D eigenvalue weighted by molar-refractivity contribution is 5.94. The zero-order valence-electron chi connectivity index (χ0n) is 19.5. The monoisotopic (exact) mass is 464 g/mol. The molecule has 3 atom stereocenters. The summed E-state index contributed by atoms with van der Waals surface area (Å²) in [6.07, 6.45) is 1.80. The Labute approximate surface area is 193 Å². The number of nitrogens with two attached hydrogens (primary N) is 1. The molecule has 1 aromatic rings. The Morgan fingerprint density at radius 3 is 2.30 bits per heavy atom. The number of carbonyl (C=O) groups excluding carboxylic acids is 3. The minimum absolute atomic E-state index is 0.0230. The van der Waals surface area contributed by atoms with Gasteiger partial charge in [0.1, 0.15) is 12.0 Å². The van der Waals surface area contributed by atoms with Crippen molar-refractivity contribution in [3.63, 3.8) is 0 Å². The minimum Gasteiger partial charge on any atom is -0.349 e. The summed E-state index contributed by atoms with van der Waals surface area (Å²) < 4.78 is 27.1. The Balaban J connectivity index is 1.67. The summed E-state index contributed by atoms with van der Waals surface area (Å²) in [4.78, 5) is 43.2. The number of hydrogen-bond donors (Lipinski definition) is 1. The number of rotatable bonds is 6. The van der Waals surface area contributed by atoms with Crippen LogP contribution in [0.2, 0.25) is 0 Å². The zero-order valence-corrected chi connectivity index (χ0v) is 19.5. The van der Waals surface area contributed by atoms with E-state index in [2.05, 4.69) is 0 Å². The lowest BCUT2D eigenvalue weighted by atomic mass is 9.74. The van der Waals surface area contributed by atoms with Crippen molar-refractivity contribution in [2.75, 3.05) is 34.2 Å². The molecule has 2 aliphatic rings. The smallest absolute Gasteiger partial charge is 0.253 e. The largest absolute Gasteiger partial charge is 0.349 e. The number of amides is 3. The van der Waals surface area contributed by atoms with Crippen LogP contribution in [-0.4, -0.2) is 84.9 Å². The molecule has 9 heteroatoms. The molecule has 1 aliphatic heterocycles. The van der Waals surface area contributed by atoms with Crippen LogP contribution in [0.3, 0.4) is 0 Å². The third-order valence-corrected chi connectivity index (χ3v) is 7.03. The molecule has 2 fully saturated rings. The molecule has 3 rings (SSSR count). The molecule has 0 bridgehead atoms. The highest BCUT2D eigenvalue weighted by atomic mass is 19.1. The maximum atomic E-state index is 13.6.